The number of benzene rings is 1. The van der Waals surface area contributed by atoms with Gasteiger partial charge in [-0.3, -0.25) is 9.36 Å². The predicted octanol–water partition coefficient (Wildman–Crippen LogP) is 1.91. The first-order chi connectivity index (χ1) is 8.13. The van der Waals surface area contributed by atoms with Crippen LogP contribution in [0.1, 0.15) is 16.8 Å². The number of hydrogen-bond acceptors (Lipinski definition) is 2. The Balaban J connectivity index is 2.71. The highest BCUT2D eigenvalue weighted by atomic mass is 16.1. The first-order valence-corrected chi connectivity index (χ1v) is 5.62. The minimum absolute atomic E-state index is 0.0295. The van der Waals surface area contributed by atoms with E-state index >= 15 is 0 Å². The SMILES string of the molecule is Cc1cccc(-n2c(C)ccc(CN)c2=O)c1. The molecular formula is C14H16N2O. The largest absolute Gasteiger partial charge is 0.326 e. The molecule has 3 heteroatoms. The summed E-state index contributed by atoms with van der Waals surface area (Å²) in [6, 6.07) is 11.6. The highest BCUT2D eigenvalue weighted by Gasteiger charge is 2.06. The zero-order valence-electron chi connectivity index (χ0n) is 10.1. The maximum atomic E-state index is 12.2. The first-order valence-electron chi connectivity index (χ1n) is 5.62. The van der Waals surface area contributed by atoms with Crippen LogP contribution in [-0.4, -0.2) is 4.57 Å². The van der Waals surface area contributed by atoms with Crippen LogP contribution in [0.2, 0.25) is 0 Å². The molecule has 17 heavy (non-hydrogen) atoms. The topological polar surface area (TPSA) is 48.0 Å². The molecule has 0 aliphatic rings. The van der Waals surface area contributed by atoms with Crippen molar-refractivity contribution in [3.63, 3.8) is 0 Å². The Morgan fingerprint density at radius 3 is 2.59 bits per heavy atom. The molecule has 2 N–H and O–H groups in total. The van der Waals surface area contributed by atoms with Crippen LogP contribution < -0.4 is 11.3 Å². The van der Waals surface area contributed by atoms with E-state index in [4.69, 9.17) is 5.73 Å². The molecule has 0 saturated carbocycles. The van der Waals surface area contributed by atoms with E-state index in [9.17, 15) is 4.79 Å². The minimum Gasteiger partial charge on any atom is -0.326 e. The van der Waals surface area contributed by atoms with Gasteiger partial charge in [-0.15, -0.1) is 0 Å². The van der Waals surface area contributed by atoms with Crippen LogP contribution >= 0.6 is 0 Å². The second kappa shape index (κ2) is 4.55. The minimum atomic E-state index is -0.0295. The highest BCUT2D eigenvalue weighted by molar-refractivity contribution is 5.38. The van der Waals surface area contributed by atoms with Gasteiger partial charge in [-0.2, -0.15) is 0 Å². The lowest BCUT2D eigenvalue weighted by Crippen LogP contribution is -2.25. The Labute approximate surface area is 101 Å². The third kappa shape index (κ3) is 2.15. The van der Waals surface area contributed by atoms with Crippen molar-refractivity contribution >= 4 is 0 Å². The Bertz CT molecular complexity index is 599. The molecule has 0 saturated heterocycles. The molecule has 0 unspecified atom stereocenters. The van der Waals surface area contributed by atoms with E-state index in [1.54, 1.807) is 10.6 Å². The van der Waals surface area contributed by atoms with Gasteiger partial charge in [-0.05, 0) is 37.6 Å². The molecule has 0 fully saturated rings. The van der Waals surface area contributed by atoms with Crippen LogP contribution in [0.5, 0.6) is 0 Å². The van der Waals surface area contributed by atoms with Gasteiger partial charge in [0.25, 0.3) is 5.56 Å². The van der Waals surface area contributed by atoms with E-state index in [1.807, 2.05) is 44.2 Å². The normalized spacial score (nSPS) is 10.5. The summed E-state index contributed by atoms with van der Waals surface area (Å²) in [7, 11) is 0. The van der Waals surface area contributed by atoms with E-state index in [-0.39, 0.29) is 12.1 Å². The van der Waals surface area contributed by atoms with Gasteiger partial charge in [-0.1, -0.05) is 18.2 Å². The first kappa shape index (κ1) is 11.6. The van der Waals surface area contributed by atoms with Crippen molar-refractivity contribution in [1.82, 2.24) is 4.57 Å². The Hall–Kier alpha value is -1.87. The van der Waals surface area contributed by atoms with Gasteiger partial charge < -0.3 is 5.73 Å². The van der Waals surface area contributed by atoms with Crippen molar-refractivity contribution in [3.8, 4) is 5.69 Å². The van der Waals surface area contributed by atoms with Crippen LogP contribution in [-0.2, 0) is 6.54 Å². The average Bonchev–Trinajstić information content (AvgIpc) is 2.29. The van der Waals surface area contributed by atoms with Gasteiger partial charge in [0.05, 0.1) is 0 Å². The second-order valence-electron chi connectivity index (χ2n) is 4.18. The summed E-state index contributed by atoms with van der Waals surface area (Å²) in [5, 5.41) is 0. The van der Waals surface area contributed by atoms with Crippen molar-refractivity contribution < 1.29 is 0 Å². The molecule has 1 heterocycles. The maximum Gasteiger partial charge on any atom is 0.259 e. The average molecular weight is 228 g/mol. The third-order valence-corrected chi connectivity index (χ3v) is 2.84. The van der Waals surface area contributed by atoms with Crippen LogP contribution in [0.25, 0.3) is 5.69 Å². The molecular weight excluding hydrogens is 212 g/mol. The van der Waals surface area contributed by atoms with Crippen molar-refractivity contribution in [2.45, 2.75) is 20.4 Å². The number of nitrogens with two attached hydrogens (primary N) is 1. The molecule has 1 aromatic carbocycles. The molecule has 1 aromatic heterocycles. The molecule has 0 atom stereocenters. The molecule has 0 aliphatic heterocycles. The van der Waals surface area contributed by atoms with E-state index in [1.165, 1.54) is 0 Å². The van der Waals surface area contributed by atoms with Crippen LogP contribution in [0.4, 0.5) is 0 Å². The van der Waals surface area contributed by atoms with E-state index in [2.05, 4.69) is 0 Å². The molecule has 0 aliphatic carbocycles. The van der Waals surface area contributed by atoms with Gasteiger partial charge in [0.1, 0.15) is 0 Å². The maximum absolute atomic E-state index is 12.2. The fourth-order valence-electron chi connectivity index (χ4n) is 1.91. The summed E-state index contributed by atoms with van der Waals surface area (Å²) in [4.78, 5) is 12.2. The summed E-state index contributed by atoms with van der Waals surface area (Å²) < 4.78 is 1.70. The quantitative estimate of drug-likeness (QED) is 0.853. The zero-order valence-corrected chi connectivity index (χ0v) is 10.1. The number of rotatable bonds is 2. The third-order valence-electron chi connectivity index (χ3n) is 2.84. The van der Waals surface area contributed by atoms with Crippen LogP contribution in [0, 0.1) is 13.8 Å². The summed E-state index contributed by atoms with van der Waals surface area (Å²) in [5.41, 5.74) is 9.11. The Kier molecular flexibility index (Phi) is 3.11. The van der Waals surface area contributed by atoms with Gasteiger partial charge in [-0.25, -0.2) is 0 Å². The van der Waals surface area contributed by atoms with E-state index < -0.39 is 0 Å². The van der Waals surface area contributed by atoms with Gasteiger partial charge in [0.15, 0.2) is 0 Å². The number of aryl methyl sites for hydroxylation is 2. The monoisotopic (exact) mass is 228 g/mol. The smallest absolute Gasteiger partial charge is 0.259 e. The molecule has 0 amide bonds. The lowest BCUT2D eigenvalue weighted by atomic mass is 10.2. The zero-order chi connectivity index (χ0) is 12.4. The van der Waals surface area contributed by atoms with Crippen molar-refractivity contribution in [1.29, 1.82) is 0 Å². The molecule has 0 bridgehead atoms. The standard InChI is InChI=1S/C14H16N2O/c1-10-4-3-5-13(8-10)16-11(2)6-7-12(9-15)14(16)17/h3-8H,9,15H2,1-2H3. The van der Waals surface area contributed by atoms with Crippen LogP contribution in [0.3, 0.4) is 0 Å². The van der Waals surface area contributed by atoms with Crippen molar-refractivity contribution in [2.75, 3.05) is 0 Å². The van der Waals surface area contributed by atoms with Crippen molar-refractivity contribution in [3.05, 3.63) is 63.6 Å². The van der Waals surface area contributed by atoms with Crippen molar-refractivity contribution in [2.24, 2.45) is 5.73 Å². The van der Waals surface area contributed by atoms with E-state index in [0.29, 0.717) is 5.56 Å². The summed E-state index contributed by atoms with van der Waals surface area (Å²) in [6.45, 7) is 4.20. The summed E-state index contributed by atoms with van der Waals surface area (Å²) >= 11 is 0. The molecule has 88 valence electrons. The van der Waals surface area contributed by atoms with Gasteiger partial charge >= 0.3 is 0 Å². The second-order valence-corrected chi connectivity index (χ2v) is 4.18. The molecule has 2 rings (SSSR count). The molecule has 0 radical (unpaired) electrons. The number of nitrogens with zero attached hydrogens (tertiary/aromatic N) is 1. The molecule has 0 spiro atoms. The Morgan fingerprint density at radius 1 is 1.18 bits per heavy atom. The van der Waals surface area contributed by atoms with Gasteiger partial charge in [0.2, 0.25) is 0 Å². The fraction of sp³-hybridized carbons (Fsp3) is 0.214. The summed E-state index contributed by atoms with van der Waals surface area (Å²) in [5.74, 6) is 0. The lowest BCUT2D eigenvalue weighted by Gasteiger charge is -2.12. The number of pyridine rings is 1. The molecule has 2 aromatic rings. The number of aromatic nitrogens is 1. The Morgan fingerprint density at radius 2 is 1.94 bits per heavy atom. The molecule has 3 nitrogen and oxygen atoms in total. The van der Waals surface area contributed by atoms with E-state index in [0.717, 1.165) is 16.9 Å². The fourth-order valence-corrected chi connectivity index (χ4v) is 1.91. The van der Waals surface area contributed by atoms with Gasteiger partial charge in [0, 0.05) is 23.5 Å². The van der Waals surface area contributed by atoms with Crippen LogP contribution in [0.15, 0.2) is 41.2 Å². The predicted molar refractivity (Wildman–Crippen MR) is 69.4 cm³/mol. The highest BCUT2D eigenvalue weighted by Crippen LogP contribution is 2.11. The number of hydrogen-bond donors (Lipinski definition) is 1. The summed E-state index contributed by atoms with van der Waals surface area (Å²) in [6.07, 6.45) is 0. The lowest BCUT2D eigenvalue weighted by molar-refractivity contribution is 0.887.